The van der Waals surface area contributed by atoms with Crippen molar-refractivity contribution in [2.24, 2.45) is 0 Å². The quantitative estimate of drug-likeness (QED) is 0.366. The maximum atomic E-state index is 5.31. The van der Waals surface area contributed by atoms with Crippen LogP contribution in [0.25, 0.3) is 22.5 Å². The molecule has 5 nitrogen and oxygen atoms in total. The minimum Gasteiger partial charge on any atom is -0.497 e. The molecule has 0 radical (unpaired) electrons. The van der Waals surface area contributed by atoms with Gasteiger partial charge in [-0.2, -0.15) is 0 Å². The molecule has 1 unspecified atom stereocenters. The van der Waals surface area contributed by atoms with Crippen LogP contribution in [0.3, 0.4) is 0 Å². The Kier molecular flexibility index (Phi) is 6.63. The first kappa shape index (κ1) is 22.2. The van der Waals surface area contributed by atoms with Gasteiger partial charge in [0.1, 0.15) is 5.75 Å². The molecule has 1 saturated heterocycles. The number of ether oxygens (including phenoxy) is 1. The standard InChI is InChI=1S/C29H30N4O/c1-21-6-3-4-8-26(21)27-18-31-29(23-13-15-30-16-14-23)32-28(27)24-7-5-17-33(20-24)19-22-9-11-25(34-2)12-10-22/h3-4,6,8-16,18,24H,5,7,17,19-20H2,1-2H3. The minimum atomic E-state index is 0.352. The summed E-state index contributed by atoms with van der Waals surface area (Å²) in [7, 11) is 1.71. The molecule has 5 heteroatoms. The van der Waals surface area contributed by atoms with Crippen LogP contribution in [-0.2, 0) is 6.54 Å². The number of methoxy groups -OCH3 is 1. The molecule has 172 valence electrons. The zero-order valence-corrected chi connectivity index (χ0v) is 19.8. The molecule has 5 rings (SSSR count). The Morgan fingerprint density at radius 3 is 2.53 bits per heavy atom. The Morgan fingerprint density at radius 2 is 1.76 bits per heavy atom. The number of piperidine rings is 1. The van der Waals surface area contributed by atoms with Crippen molar-refractivity contribution < 1.29 is 4.74 Å². The third kappa shape index (κ3) is 4.85. The molecule has 1 fully saturated rings. The second-order valence-electron chi connectivity index (χ2n) is 8.97. The van der Waals surface area contributed by atoms with Crippen molar-refractivity contribution in [3.63, 3.8) is 0 Å². The van der Waals surface area contributed by atoms with E-state index in [4.69, 9.17) is 14.7 Å². The summed E-state index contributed by atoms with van der Waals surface area (Å²) in [6.45, 7) is 5.18. The van der Waals surface area contributed by atoms with Crippen LogP contribution in [-0.4, -0.2) is 40.1 Å². The second-order valence-corrected chi connectivity index (χ2v) is 8.97. The van der Waals surface area contributed by atoms with Crippen LogP contribution in [0.5, 0.6) is 5.75 Å². The highest BCUT2D eigenvalue weighted by atomic mass is 16.5. The topological polar surface area (TPSA) is 51.1 Å². The molecule has 1 aliphatic heterocycles. The fourth-order valence-electron chi connectivity index (χ4n) is 4.84. The molecule has 3 heterocycles. The molecule has 0 N–H and O–H groups in total. The zero-order valence-electron chi connectivity index (χ0n) is 19.8. The van der Waals surface area contributed by atoms with Crippen LogP contribution in [0.1, 0.15) is 35.6 Å². The Morgan fingerprint density at radius 1 is 0.971 bits per heavy atom. The van der Waals surface area contributed by atoms with Gasteiger partial charge in [0.15, 0.2) is 5.82 Å². The van der Waals surface area contributed by atoms with Crippen LogP contribution in [0.2, 0.25) is 0 Å². The van der Waals surface area contributed by atoms with Crippen molar-refractivity contribution in [2.75, 3.05) is 20.2 Å². The summed E-state index contributed by atoms with van der Waals surface area (Å²) < 4.78 is 5.31. The monoisotopic (exact) mass is 450 g/mol. The lowest BCUT2D eigenvalue weighted by Crippen LogP contribution is -2.34. The highest BCUT2D eigenvalue weighted by Crippen LogP contribution is 2.35. The van der Waals surface area contributed by atoms with Gasteiger partial charge in [0.2, 0.25) is 0 Å². The van der Waals surface area contributed by atoms with Gasteiger partial charge < -0.3 is 4.74 Å². The van der Waals surface area contributed by atoms with E-state index < -0.39 is 0 Å². The Hall–Kier alpha value is -3.57. The molecule has 1 aliphatic rings. The van der Waals surface area contributed by atoms with Crippen LogP contribution < -0.4 is 4.74 Å². The fraction of sp³-hybridized carbons (Fsp3) is 0.276. The highest BCUT2D eigenvalue weighted by molar-refractivity contribution is 5.70. The molecule has 2 aromatic carbocycles. The third-order valence-corrected chi connectivity index (χ3v) is 6.65. The Bertz CT molecular complexity index is 1240. The molecule has 0 saturated carbocycles. The van der Waals surface area contributed by atoms with Gasteiger partial charge in [0, 0.05) is 48.7 Å². The SMILES string of the molecule is COc1ccc(CN2CCCC(c3nc(-c4ccncc4)ncc3-c3ccccc3C)C2)cc1. The van der Waals surface area contributed by atoms with Gasteiger partial charge >= 0.3 is 0 Å². The number of likely N-dealkylation sites (tertiary alicyclic amines) is 1. The largest absolute Gasteiger partial charge is 0.497 e. The zero-order chi connectivity index (χ0) is 23.3. The van der Waals surface area contributed by atoms with Crippen LogP contribution >= 0.6 is 0 Å². The van der Waals surface area contributed by atoms with E-state index in [-0.39, 0.29) is 0 Å². The first-order valence-corrected chi connectivity index (χ1v) is 11.9. The number of hydrogen-bond acceptors (Lipinski definition) is 5. The van der Waals surface area contributed by atoms with E-state index in [1.54, 1.807) is 19.5 Å². The molecule has 1 atom stereocenters. The number of aromatic nitrogens is 3. The Balaban J connectivity index is 1.48. The number of benzene rings is 2. The van der Waals surface area contributed by atoms with Crippen molar-refractivity contribution in [1.82, 2.24) is 19.9 Å². The van der Waals surface area contributed by atoms with Gasteiger partial charge in [-0.05, 0) is 67.3 Å². The predicted molar refractivity (Wildman–Crippen MR) is 136 cm³/mol. The van der Waals surface area contributed by atoms with E-state index in [2.05, 4.69) is 53.2 Å². The molecule has 34 heavy (non-hydrogen) atoms. The minimum absolute atomic E-state index is 0.352. The number of pyridine rings is 1. The number of nitrogens with zero attached hydrogens (tertiary/aromatic N) is 4. The molecular formula is C29H30N4O. The van der Waals surface area contributed by atoms with Crippen LogP contribution in [0.4, 0.5) is 0 Å². The summed E-state index contributed by atoms with van der Waals surface area (Å²) in [6, 6.07) is 20.9. The first-order valence-electron chi connectivity index (χ1n) is 11.9. The summed E-state index contributed by atoms with van der Waals surface area (Å²) in [5.41, 5.74) is 7.06. The molecule has 0 spiro atoms. The Labute approximate surface area is 201 Å². The fourth-order valence-corrected chi connectivity index (χ4v) is 4.84. The van der Waals surface area contributed by atoms with Gasteiger partial charge in [0.05, 0.1) is 12.8 Å². The second kappa shape index (κ2) is 10.1. The number of aryl methyl sites for hydroxylation is 1. The van der Waals surface area contributed by atoms with Gasteiger partial charge in [0.25, 0.3) is 0 Å². The maximum Gasteiger partial charge on any atom is 0.159 e. The molecule has 4 aromatic rings. The van der Waals surface area contributed by atoms with E-state index in [0.717, 1.165) is 60.9 Å². The normalized spacial score (nSPS) is 16.4. The number of hydrogen-bond donors (Lipinski definition) is 0. The summed E-state index contributed by atoms with van der Waals surface area (Å²) in [5, 5.41) is 0. The molecule has 0 bridgehead atoms. The molecular weight excluding hydrogens is 420 g/mol. The summed E-state index contributed by atoms with van der Waals surface area (Å²) in [5.74, 6) is 2.01. The lowest BCUT2D eigenvalue weighted by atomic mass is 9.88. The van der Waals surface area contributed by atoms with Crippen molar-refractivity contribution in [2.45, 2.75) is 32.2 Å². The third-order valence-electron chi connectivity index (χ3n) is 6.65. The molecule has 0 aliphatic carbocycles. The van der Waals surface area contributed by atoms with Gasteiger partial charge in [-0.1, -0.05) is 36.4 Å². The van der Waals surface area contributed by atoms with Gasteiger partial charge in [-0.3, -0.25) is 9.88 Å². The van der Waals surface area contributed by atoms with E-state index in [0.29, 0.717) is 5.92 Å². The summed E-state index contributed by atoms with van der Waals surface area (Å²) in [4.78, 5) is 16.6. The van der Waals surface area contributed by atoms with E-state index in [1.807, 2.05) is 30.5 Å². The maximum absolute atomic E-state index is 5.31. The smallest absolute Gasteiger partial charge is 0.159 e. The van der Waals surface area contributed by atoms with Crippen LogP contribution in [0.15, 0.2) is 79.3 Å². The number of rotatable bonds is 6. The van der Waals surface area contributed by atoms with Gasteiger partial charge in [-0.25, -0.2) is 9.97 Å². The lowest BCUT2D eigenvalue weighted by Gasteiger charge is -2.33. The van der Waals surface area contributed by atoms with E-state index in [1.165, 1.54) is 16.7 Å². The van der Waals surface area contributed by atoms with Crippen molar-refractivity contribution >= 4 is 0 Å². The average Bonchev–Trinajstić information content (AvgIpc) is 2.90. The summed E-state index contributed by atoms with van der Waals surface area (Å²) >= 11 is 0. The van der Waals surface area contributed by atoms with E-state index >= 15 is 0 Å². The average molecular weight is 451 g/mol. The summed E-state index contributed by atoms with van der Waals surface area (Å²) in [6.07, 6.45) is 7.89. The molecule has 2 aromatic heterocycles. The van der Waals surface area contributed by atoms with Crippen LogP contribution in [0, 0.1) is 6.92 Å². The van der Waals surface area contributed by atoms with Crippen molar-refractivity contribution in [3.05, 3.63) is 96.1 Å². The van der Waals surface area contributed by atoms with Crippen molar-refractivity contribution in [1.29, 1.82) is 0 Å². The molecule has 0 amide bonds. The van der Waals surface area contributed by atoms with E-state index in [9.17, 15) is 0 Å². The van der Waals surface area contributed by atoms with Crippen molar-refractivity contribution in [3.8, 4) is 28.3 Å². The highest BCUT2D eigenvalue weighted by Gasteiger charge is 2.26. The van der Waals surface area contributed by atoms with Gasteiger partial charge in [-0.15, -0.1) is 0 Å². The first-order chi connectivity index (χ1) is 16.7. The lowest BCUT2D eigenvalue weighted by molar-refractivity contribution is 0.198. The predicted octanol–water partition coefficient (Wildman–Crippen LogP) is 5.90.